The number of hydrogen-bond acceptors (Lipinski definition) is 5. The third kappa shape index (κ3) is 4.99. The maximum Gasteiger partial charge on any atom is 0.340 e. The van der Waals surface area contributed by atoms with Gasteiger partial charge in [-0.2, -0.15) is 0 Å². The number of carbonyl (C=O) groups excluding carboxylic acids is 1. The number of fused-ring (bicyclic) bond motifs is 2. The maximum absolute atomic E-state index is 12.8. The standard InChI is InChI=1S/C29H22ClNO6/c1-16-20-12-22-23(18-5-3-2-4-6-18)15-36-25(22)14-26(20)37-29(35)21(16)13-27(32)31-24(28(33)34)11-17-7-9-19(30)10-8-17/h2-10,12,14-15,24H,11,13H2,1H3,(H,31,32)(H,33,34)/t24-/m0/s1. The van der Waals surface area contributed by atoms with Gasteiger partial charge in [0.15, 0.2) is 0 Å². The number of furan rings is 1. The quantitative estimate of drug-likeness (QED) is 0.276. The SMILES string of the molecule is Cc1c(CC(=O)N[C@@H](Cc2ccc(Cl)cc2)C(=O)O)c(=O)oc2cc3occ(-c4ccccc4)c3cc12. The molecule has 0 aliphatic rings. The van der Waals surface area contributed by atoms with Crippen molar-refractivity contribution in [1.29, 1.82) is 0 Å². The summed E-state index contributed by atoms with van der Waals surface area (Å²) in [6.45, 7) is 1.75. The van der Waals surface area contributed by atoms with E-state index in [0.717, 1.165) is 16.5 Å². The van der Waals surface area contributed by atoms with Crippen LogP contribution in [0.4, 0.5) is 0 Å². The number of amides is 1. The van der Waals surface area contributed by atoms with Crippen molar-refractivity contribution in [2.75, 3.05) is 0 Å². The van der Waals surface area contributed by atoms with Crippen molar-refractivity contribution in [3.63, 3.8) is 0 Å². The number of carboxylic acids is 1. The van der Waals surface area contributed by atoms with Gasteiger partial charge in [0.2, 0.25) is 5.91 Å². The number of rotatable bonds is 7. The lowest BCUT2D eigenvalue weighted by Crippen LogP contribution is -2.43. The number of aliphatic carboxylic acids is 1. The van der Waals surface area contributed by atoms with Gasteiger partial charge in [-0.25, -0.2) is 9.59 Å². The van der Waals surface area contributed by atoms with Crippen molar-refractivity contribution in [2.24, 2.45) is 0 Å². The minimum atomic E-state index is -1.18. The Bertz CT molecular complexity index is 1690. The largest absolute Gasteiger partial charge is 0.480 e. The van der Waals surface area contributed by atoms with Crippen LogP contribution in [0.1, 0.15) is 16.7 Å². The number of halogens is 1. The molecule has 0 fully saturated rings. The van der Waals surface area contributed by atoms with E-state index in [0.29, 0.717) is 32.7 Å². The Morgan fingerprint density at radius 3 is 2.43 bits per heavy atom. The van der Waals surface area contributed by atoms with Crippen LogP contribution in [-0.2, 0) is 22.4 Å². The molecular formula is C29H22ClNO6. The first kappa shape index (κ1) is 24.3. The monoisotopic (exact) mass is 515 g/mol. The molecule has 1 atom stereocenters. The normalized spacial score (nSPS) is 12.1. The van der Waals surface area contributed by atoms with Gasteiger partial charge < -0.3 is 19.3 Å². The molecule has 7 nitrogen and oxygen atoms in total. The molecule has 0 unspecified atom stereocenters. The third-order valence-electron chi connectivity index (χ3n) is 6.39. The fourth-order valence-corrected chi connectivity index (χ4v) is 4.54. The summed E-state index contributed by atoms with van der Waals surface area (Å²) in [6.07, 6.45) is 1.42. The second-order valence-corrected chi connectivity index (χ2v) is 9.26. The van der Waals surface area contributed by atoms with E-state index < -0.39 is 23.5 Å². The van der Waals surface area contributed by atoms with Crippen LogP contribution in [-0.4, -0.2) is 23.0 Å². The van der Waals surface area contributed by atoms with Crippen molar-refractivity contribution < 1.29 is 23.5 Å². The van der Waals surface area contributed by atoms with Crippen molar-refractivity contribution >= 4 is 45.4 Å². The molecule has 0 radical (unpaired) electrons. The molecule has 5 aromatic rings. The van der Waals surface area contributed by atoms with Gasteiger partial charge in [-0.05, 0) is 41.8 Å². The molecule has 2 N–H and O–H groups in total. The Balaban J connectivity index is 1.45. The van der Waals surface area contributed by atoms with Crippen molar-refractivity contribution in [2.45, 2.75) is 25.8 Å². The summed E-state index contributed by atoms with van der Waals surface area (Å²) in [5.74, 6) is -1.77. The highest BCUT2D eigenvalue weighted by atomic mass is 35.5. The van der Waals surface area contributed by atoms with Crippen molar-refractivity contribution in [3.05, 3.63) is 105 Å². The van der Waals surface area contributed by atoms with E-state index in [-0.39, 0.29) is 18.4 Å². The van der Waals surface area contributed by atoms with E-state index in [1.54, 1.807) is 43.5 Å². The highest BCUT2D eigenvalue weighted by Crippen LogP contribution is 2.34. The van der Waals surface area contributed by atoms with Crippen LogP contribution in [0.15, 0.2) is 86.6 Å². The lowest BCUT2D eigenvalue weighted by Gasteiger charge is -2.15. The third-order valence-corrected chi connectivity index (χ3v) is 6.64. The van der Waals surface area contributed by atoms with Crippen molar-refractivity contribution in [3.8, 4) is 11.1 Å². The minimum Gasteiger partial charge on any atom is -0.480 e. The summed E-state index contributed by atoms with van der Waals surface area (Å²) < 4.78 is 11.3. The minimum absolute atomic E-state index is 0.0737. The zero-order valence-electron chi connectivity index (χ0n) is 19.8. The summed E-state index contributed by atoms with van der Waals surface area (Å²) in [6, 6.07) is 18.9. The zero-order chi connectivity index (χ0) is 26.1. The number of hydrogen-bond donors (Lipinski definition) is 2. The fraction of sp³-hybridized carbons (Fsp3) is 0.138. The molecule has 5 rings (SSSR count). The molecule has 8 heteroatoms. The van der Waals surface area contributed by atoms with Crippen LogP contribution in [0, 0.1) is 6.92 Å². The average molecular weight is 516 g/mol. The fourth-order valence-electron chi connectivity index (χ4n) is 4.42. The molecule has 0 saturated heterocycles. The Morgan fingerprint density at radius 1 is 1.00 bits per heavy atom. The van der Waals surface area contributed by atoms with Gasteiger partial charge in [-0.3, -0.25) is 4.79 Å². The number of carboxylic acid groups (broad SMARTS) is 1. The summed E-state index contributed by atoms with van der Waals surface area (Å²) in [5, 5.41) is 14.2. The first-order chi connectivity index (χ1) is 17.8. The number of benzene rings is 3. The van der Waals surface area contributed by atoms with Gasteiger partial charge in [0, 0.05) is 33.8 Å². The van der Waals surface area contributed by atoms with Gasteiger partial charge >= 0.3 is 11.6 Å². The van der Waals surface area contributed by atoms with Crippen LogP contribution in [0.5, 0.6) is 0 Å². The molecule has 2 aromatic heterocycles. The molecule has 0 bridgehead atoms. The first-order valence-corrected chi connectivity index (χ1v) is 12.0. The Kier molecular flexibility index (Phi) is 6.54. The zero-order valence-corrected chi connectivity index (χ0v) is 20.5. The summed E-state index contributed by atoms with van der Waals surface area (Å²) in [5.41, 5.74) is 3.61. The molecular weight excluding hydrogens is 494 g/mol. The van der Waals surface area contributed by atoms with Crippen LogP contribution in [0.3, 0.4) is 0 Å². The van der Waals surface area contributed by atoms with Crippen LogP contribution in [0.2, 0.25) is 5.02 Å². The molecule has 0 spiro atoms. The number of carbonyl (C=O) groups is 2. The van der Waals surface area contributed by atoms with Crippen molar-refractivity contribution in [1.82, 2.24) is 5.32 Å². The molecule has 0 saturated carbocycles. The summed E-state index contributed by atoms with van der Waals surface area (Å²) >= 11 is 5.89. The highest BCUT2D eigenvalue weighted by Gasteiger charge is 2.23. The lowest BCUT2D eigenvalue weighted by atomic mass is 9.99. The Hall–Kier alpha value is -4.36. The van der Waals surface area contributed by atoms with Gasteiger partial charge in [0.25, 0.3) is 0 Å². The molecule has 2 heterocycles. The van der Waals surface area contributed by atoms with Gasteiger partial charge in [-0.15, -0.1) is 0 Å². The molecule has 3 aromatic carbocycles. The second-order valence-electron chi connectivity index (χ2n) is 8.82. The topological polar surface area (TPSA) is 110 Å². The van der Waals surface area contributed by atoms with E-state index in [1.807, 2.05) is 36.4 Å². The van der Waals surface area contributed by atoms with E-state index >= 15 is 0 Å². The molecule has 37 heavy (non-hydrogen) atoms. The lowest BCUT2D eigenvalue weighted by molar-refractivity contribution is -0.141. The maximum atomic E-state index is 12.8. The second kappa shape index (κ2) is 9.95. The van der Waals surface area contributed by atoms with Gasteiger partial charge in [-0.1, -0.05) is 54.1 Å². The van der Waals surface area contributed by atoms with E-state index in [4.69, 9.17) is 20.4 Å². The van der Waals surface area contributed by atoms with Crippen LogP contribution >= 0.6 is 11.6 Å². The predicted molar refractivity (Wildman–Crippen MR) is 141 cm³/mol. The van der Waals surface area contributed by atoms with Gasteiger partial charge in [0.05, 0.1) is 18.2 Å². The summed E-state index contributed by atoms with van der Waals surface area (Å²) in [4.78, 5) is 37.4. The van der Waals surface area contributed by atoms with Crippen LogP contribution in [0.25, 0.3) is 33.1 Å². The average Bonchev–Trinajstić information content (AvgIpc) is 3.30. The Morgan fingerprint density at radius 2 is 1.73 bits per heavy atom. The molecule has 186 valence electrons. The highest BCUT2D eigenvalue weighted by molar-refractivity contribution is 6.30. The summed E-state index contributed by atoms with van der Waals surface area (Å²) in [7, 11) is 0. The van der Waals surface area contributed by atoms with Gasteiger partial charge in [0.1, 0.15) is 17.2 Å². The van der Waals surface area contributed by atoms with E-state index in [1.165, 1.54) is 0 Å². The molecule has 0 aliphatic carbocycles. The number of nitrogens with one attached hydrogen (secondary N) is 1. The number of aryl methyl sites for hydroxylation is 1. The molecule has 1 amide bonds. The van der Waals surface area contributed by atoms with E-state index in [9.17, 15) is 19.5 Å². The smallest absolute Gasteiger partial charge is 0.340 e. The molecule has 0 aliphatic heterocycles. The Labute approximate surface area is 216 Å². The predicted octanol–water partition coefficient (Wildman–Crippen LogP) is 5.52. The van der Waals surface area contributed by atoms with E-state index in [2.05, 4.69) is 5.32 Å². The first-order valence-electron chi connectivity index (χ1n) is 11.6. The van der Waals surface area contributed by atoms with Crippen LogP contribution < -0.4 is 10.9 Å².